The van der Waals surface area contributed by atoms with E-state index in [2.05, 4.69) is 39.2 Å². The molecule has 2 aliphatic rings. The molecule has 2 N–H and O–H groups in total. The van der Waals surface area contributed by atoms with Gasteiger partial charge in [-0.05, 0) is 62.0 Å². The number of allylic oxidation sites excluding steroid dienone is 1. The quantitative estimate of drug-likeness (QED) is 0.112. The first-order chi connectivity index (χ1) is 18.1. The predicted molar refractivity (Wildman–Crippen MR) is 149 cm³/mol. The molecule has 0 radical (unpaired) electrons. The number of nitro benzene ring substituents is 1. The van der Waals surface area contributed by atoms with Crippen molar-refractivity contribution in [3.8, 4) is 0 Å². The number of β-lactam (4-membered cyclic amide) rings is 1. The summed E-state index contributed by atoms with van der Waals surface area (Å²) in [5, 5.41) is 22.9. The van der Waals surface area contributed by atoms with Crippen LogP contribution in [0.2, 0.25) is 18.1 Å². The zero-order chi connectivity index (χ0) is 29.1. The molecular formula is C26H37N3O8SSi. The van der Waals surface area contributed by atoms with Crippen LogP contribution in [0.15, 0.2) is 34.9 Å². The van der Waals surface area contributed by atoms with Crippen molar-refractivity contribution in [2.24, 2.45) is 5.92 Å². The molecule has 1 fully saturated rings. The van der Waals surface area contributed by atoms with Gasteiger partial charge in [0.05, 0.1) is 16.9 Å². The molecule has 1 aromatic rings. The molecule has 2 aliphatic heterocycles. The van der Waals surface area contributed by atoms with Crippen LogP contribution in [0.5, 0.6) is 0 Å². The lowest BCUT2D eigenvalue weighted by molar-refractivity contribution is -0.384. The molecule has 0 saturated carbocycles. The number of carboxylic acid groups (broad SMARTS) is 1. The number of carboxylic acids is 1. The van der Waals surface area contributed by atoms with Crippen molar-refractivity contribution in [2.75, 3.05) is 6.54 Å². The molecule has 1 aromatic carbocycles. The molecule has 3 rings (SSSR count). The van der Waals surface area contributed by atoms with E-state index >= 15 is 0 Å². The molecule has 1 saturated heterocycles. The van der Waals surface area contributed by atoms with Crippen molar-refractivity contribution >= 4 is 43.7 Å². The number of nitrogens with one attached hydrogen (secondary N) is 1. The zero-order valence-corrected chi connectivity index (χ0v) is 25.0. The highest BCUT2D eigenvalue weighted by molar-refractivity contribution is 8.04. The van der Waals surface area contributed by atoms with Gasteiger partial charge in [0.15, 0.2) is 8.32 Å². The molecule has 0 aromatic heterocycles. The smallest absolute Gasteiger partial charge is 0.407 e. The van der Waals surface area contributed by atoms with Crippen LogP contribution in [0.3, 0.4) is 0 Å². The van der Waals surface area contributed by atoms with E-state index in [0.717, 1.165) is 0 Å². The lowest BCUT2D eigenvalue weighted by Crippen LogP contribution is -2.62. The highest BCUT2D eigenvalue weighted by Crippen LogP contribution is 2.52. The second kappa shape index (κ2) is 12.1. The molecular weight excluding hydrogens is 542 g/mol. The van der Waals surface area contributed by atoms with Crippen LogP contribution in [-0.4, -0.2) is 59.2 Å². The number of hydrogen-bond donors (Lipinski definition) is 2. The maximum atomic E-state index is 13.0. The minimum Gasteiger partial charge on any atom is -0.477 e. The van der Waals surface area contributed by atoms with E-state index in [0.29, 0.717) is 36.3 Å². The minimum absolute atomic E-state index is 0.00260. The first-order valence-electron chi connectivity index (χ1n) is 12.9. The Morgan fingerprint density at radius 1 is 1.23 bits per heavy atom. The zero-order valence-electron chi connectivity index (χ0n) is 23.2. The van der Waals surface area contributed by atoms with Crippen molar-refractivity contribution in [1.29, 1.82) is 0 Å². The number of amides is 2. The Bertz CT molecular complexity index is 1150. The minimum atomic E-state index is -2.09. The number of fused-ring (bicyclic) bond motifs is 1. The van der Waals surface area contributed by atoms with Gasteiger partial charge in [-0.2, -0.15) is 0 Å². The standard InChI is InChI=1S/C26H37N3O8SSi/c1-16(37-39(5,6)26(2,3)4)20-22(30)28-21(24(31)32)19(38-23(20)28)9-7-8-14-27-25(33)36-15-17-10-12-18(13-11-17)29(34)35/h10-13,16,20,23H,7-9,14-15H2,1-6H3,(H,27,33)(H,31,32)/t16-,20-,23-/m1/s1. The molecule has 2 amide bonds. The maximum absolute atomic E-state index is 13.0. The third kappa shape index (κ3) is 7.00. The average molecular weight is 580 g/mol. The summed E-state index contributed by atoms with van der Waals surface area (Å²) in [4.78, 5) is 49.2. The van der Waals surface area contributed by atoms with E-state index in [1.54, 1.807) is 0 Å². The molecule has 214 valence electrons. The number of unbranched alkanes of at least 4 members (excludes halogenated alkanes) is 1. The number of ether oxygens (including phenoxy) is 1. The van der Waals surface area contributed by atoms with Crippen molar-refractivity contribution in [3.05, 3.63) is 50.5 Å². The fourth-order valence-corrected chi connectivity index (χ4v) is 7.33. The number of hydrogen-bond acceptors (Lipinski definition) is 8. The number of rotatable bonds is 12. The lowest BCUT2D eigenvalue weighted by atomic mass is 9.92. The fraction of sp³-hybridized carbons (Fsp3) is 0.577. The van der Waals surface area contributed by atoms with E-state index < -0.39 is 25.3 Å². The number of thioether (sulfide) groups is 1. The van der Waals surface area contributed by atoms with E-state index in [1.165, 1.54) is 40.9 Å². The van der Waals surface area contributed by atoms with Gasteiger partial charge < -0.3 is 19.6 Å². The maximum Gasteiger partial charge on any atom is 0.407 e. The summed E-state index contributed by atoms with van der Waals surface area (Å²) in [5.41, 5.74) is 0.647. The summed E-state index contributed by atoms with van der Waals surface area (Å²) in [7, 11) is -2.09. The monoisotopic (exact) mass is 579 g/mol. The molecule has 0 unspecified atom stereocenters. The van der Waals surface area contributed by atoms with E-state index in [9.17, 15) is 29.6 Å². The molecule has 3 atom stereocenters. The van der Waals surface area contributed by atoms with Crippen LogP contribution in [0, 0.1) is 16.0 Å². The summed E-state index contributed by atoms with van der Waals surface area (Å²) >= 11 is 1.43. The molecule has 0 aliphatic carbocycles. The van der Waals surface area contributed by atoms with Gasteiger partial charge in [0, 0.05) is 23.6 Å². The Morgan fingerprint density at radius 3 is 2.44 bits per heavy atom. The van der Waals surface area contributed by atoms with Crippen LogP contribution in [-0.2, 0) is 25.4 Å². The Balaban J connectivity index is 1.45. The van der Waals surface area contributed by atoms with Gasteiger partial charge in [-0.1, -0.05) is 20.8 Å². The van der Waals surface area contributed by atoms with Crippen molar-refractivity contribution in [2.45, 2.75) is 83.2 Å². The van der Waals surface area contributed by atoms with Gasteiger partial charge in [0.1, 0.15) is 17.7 Å². The predicted octanol–water partition coefficient (Wildman–Crippen LogP) is 5.23. The third-order valence-corrected chi connectivity index (χ3v) is 13.5. The van der Waals surface area contributed by atoms with Crippen LogP contribution < -0.4 is 5.32 Å². The molecule has 2 heterocycles. The molecule has 39 heavy (non-hydrogen) atoms. The summed E-state index contributed by atoms with van der Waals surface area (Å²) in [6, 6.07) is 5.74. The molecule has 13 heteroatoms. The number of benzene rings is 1. The Morgan fingerprint density at radius 2 is 1.87 bits per heavy atom. The number of non-ortho nitro benzene ring substituents is 1. The van der Waals surface area contributed by atoms with Gasteiger partial charge in [-0.3, -0.25) is 19.8 Å². The Kier molecular flexibility index (Phi) is 9.50. The Labute approximate surface area is 233 Å². The van der Waals surface area contributed by atoms with E-state index in [1.807, 2.05) is 6.92 Å². The molecule has 0 spiro atoms. The van der Waals surface area contributed by atoms with Gasteiger partial charge in [0.2, 0.25) is 5.91 Å². The van der Waals surface area contributed by atoms with Crippen molar-refractivity contribution in [3.63, 3.8) is 0 Å². The van der Waals surface area contributed by atoms with Gasteiger partial charge >= 0.3 is 12.1 Å². The second-order valence-electron chi connectivity index (χ2n) is 11.3. The van der Waals surface area contributed by atoms with Gasteiger partial charge in [0.25, 0.3) is 5.69 Å². The summed E-state index contributed by atoms with van der Waals surface area (Å²) in [5.74, 6) is -1.70. The number of carbonyl (C=O) groups is 3. The number of alkyl carbamates (subject to hydrolysis) is 1. The number of carbonyl (C=O) groups excluding carboxylic acids is 2. The summed E-state index contributed by atoms with van der Waals surface area (Å²) in [6.07, 6.45) is 0.786. The van der Waals surface area contributed by atoms with Crippen molar-refractivity contribution in [1.82, 2.24) is 10.2 Å². The second-order valence-corrected chi connectivity index (χ2v) is 17.3. The van der Waals surface area contributed by atoms with Crippen LogP contribution in [0.25, 0.3) is 0 Å². The molecule has 0 bridgehead atoms. The summed E-state index contributed by atoms with van der Waals surface area (Å²) in [6.45, 7) is 12.9. The highest BCUT2D eigenvalue weighted by atomic mass is 32.2. The topological polar surface area (TPSA) is 148 Å². The fourth-order valence-electron chi connectivity index (χ4n) is 4.25. The van der Waals surface area contributed by atoms with Crippen LogP contribution in [0.4, 0.5) is 10.5 Å². The van der Waals surface area contributed by atoms with Crippen LogP contribution in [0.1, 0.15) is 52.5 Å². The molecule has 11 nitrogen and oxygen atoms in total. The third-order valence-electron chi connectivity index (χ3n) is 7.46. The van der Waals surface area contributed by atoms with Gasteiger partial charge in [-0.15, -0.1) is 11.8 Å². The summed E-state index contributed by atoms with van der Waals surface area (Å²) < 4.78 is 11.6. The van der Waals surface area contributed by atoms with Gasteiger partial charge in [-0.25, -0.2) is 9.59 Å². The average Bonchev–Trinajstić information content (AvgIpc) is 3.16. The van der Waals surface area contributed by atoms with Crippen molar-refractivity contribution < 1.29 is 33.6 Å². The number of nitro groups is 1. The van der Waals surface area contributed by atoms with E-state index in [-0.39, 0.29) is 46.3 Å². The Hall–Kier alpha value is -2.90. The highest BCUT2D eigenvalue weighted by Gasteiger charge is 2.58. The largest absolute Gasteiger partial charge is 0.477 e. The van der Waals surface area contributed by atoms with Crippen LogP contribution >= 0.6 is 11.8 Å². The first kappa shape index (κ1) is 30.6. The number of aliphatic carboxylic acids is 1. The first-order valence-corrected chi connectivity index (χ1v) is 16.7. The normalized spacial score (nSPS) is 19.8. The number of nitrogens with zero attached hydrogens (tertiary/aromatic N) is 2. The SMILES string of the molecule is C[C@@H](O[Si](C)(C)C(C)(C)C)[C@@H]1C(=O)N2C(C(=O)O)=C(CCCCNC(=O)OCc3ccc([N+](=O)[O-])cc3)S[C@H]12. The van der Waals surface area contributed by atoms with E-state index in [4.69, 9.17) is 9.16 Å². The lowest BCUT2D eigenvalue weighted by Gasteiger charge is -2.48.